The third kappa shape index (κ3) is 26.9. The molecule has 0 radical (unpaired) electrons. The normalized spacial score (nSPS) is 16.7. The van der Waals surface area contributed by atoms with Crippen LogP contribution in [0.5, 0.6) is 0 Å². The lowest BCUT2D eigenvalue weighted by molar-refractivity contribution is -0.116. The van der Waals surface area contributed by atoms with Crippen molar-refractivity contribution in [3.05, 3.63) is 110 Å². The minimum atomic E-state index is -2.85. The van der Waals surface area contributed by atoms with Gasteiger partial charge in [-0.1, -0.05) is 156 Å². The van der Waals surface area contributed by atoms with Crippen molar-refractivity contribution in [3.63, 3.8) is 0 Å². The SMILES string of the molecule is C.CC(C)(C)/C=C1/CCNC1=O.CC(C)(C)/C=C1/SC(=O)NC1=O.CC(C)(C)c1cc(=O)[nH][nH]1.CC(C)(C)c1cc(=O)[nH]o1.CC(C)(C)c1cc(=O)[nH]s1.CC(C)N1CCCS1(=O)=O.Cn1[nH]c(=O)cc1C(C)(C)C. The quantitative estimate of drug-likeness (QED) is 0.0882. The molecule has 0 aliphatic carbocycles. The van der Waals surface area contributed by atoms with Crippen molar-refractivity contribution in [3.8, 4) is 0 Å². The Kier molecular flexibility index (Phi) is 26.3. The van der Waals surface area contributed by atoms with Crippen molar-refractivity contribution in [1.29, 1.82) is 0 Å². The number of hydrogen-bond acceptors (Lipinski definition) is 12. The number of aromatic amines is 5. The first-order valence-electron chi connectivity index (χ1n) is 24.5. The van der Waals surface area contributed by atoms with Crippen molar-refractivity contribution in [2.45, 2.75) is 186 Å². The molecule has 19 nitrogen and oxygen atoms in total. The Morgan fingerprint density at radius 3 is 1.48 bits per heavy atom. The number of imide groups is 1. The average Bonchev–Trinajstić information content (AvgIpc) is 4.08. The molecule has 0 saturated carbocycles. The topological polar surface area (TPSA) is 278 Å². The van der Waals surface area contributed by atoms with E-state index >= 15 is 0 Å². The highest BCUT2D eigenvalue weighted by molar-refractivity contribution is 8.18. The molecule has 3 saturated heterocycles. The molecule has 0 aromatic carbocycles. The monoisotopic (exact) mass is 1110 g/mol. The van der Waals surface area contributed by atoms with Gasteiger partial charge in [0.05, 0.1) is 10.7 Å². The first-order chi connectivity index (χ1) is 33.3. The summed E-state index contributed by atoms with van der Waals surface area (Å²) in [6.45, 7) is 42.2. The number of aryl methyl sites for hydroxylation is 1. The smallest absolute Gasteiger partial charge is 0.290 e. The Morgan fingerprint density at radius 2 is 1.24 bits per heavy atom. The Bertz CT molecular complexity index is 2720. The first-order valence-corrected chi connectivity index (χ1v) is 27.7. The fourth-order valence-electron chi connectivity index (χ4n) is 6.49. The Balaban J connectivity index is 0.000000851. The van der Waals surface area contributed by atoms with Crippen LogP contribution in [0, 0.1) is 10.8 Å². The van der Waals surface area contributed by atoms with Crippen LogP contribution in [-0.2, 0) is 48.3 Å². The lowest BCUT2D eigenvalue weighted by atomic mass is 9.92. The third-order valence-electron chi connectivity index (χ3n) is 10.1. The molecular formula is C53H91N9O10S3. The van der Waals surface area contributed by atoms with Gasteiger partial charge in [-0.25, -0.2) is 8.42 Å². The van der Waals surface area contributed by atoms with E-state index in [1.807, 2.05) is 83.2 Å². The lowest BCUT2D eigenvalue weighted by Gasteiger charge is -2.18. The second-order valence-electron chi connectivity index (χ2n) is 24.5. The summed E-state index contributed by atoms with van der Waals surface area (Å²) >= 11 is 2.38. The molecule has 3 aliphatic rings. The molecule has 0 unspecified atom stereocenters. The fourth-order valence-corrected chi connectivity index (χ4v) is 9.91. The predicted octanol–water partition coefficient (Wildman–Crippen LogP) is 9.46. The lowest BCUT2D eigenvalue weighted by Crippen LogP contribution is -2.32. The minimum Gasteiger partial charge on any atom is -0.383 e. The number of hydrogen-bond donors (Lipinski definition) is 7. The fraction of sp³-hybridized carbons (Fsp3) is 0.642. The Labute approximate surface area is 453 Å². The average molecular weight is 1110 g/mol. The van der Waals surface area contributed by atoms with Gasteiger partial charge in [0.1, 0.15) is 5.76 Å². The molecule has 0 spiro atoms. The van der Waals surface area contributed by atoms with Gasteiger partial charge >= 0.3 is 0 Å². The first kappa shape index (κ1) is 69.8. The summed E-state index contributed by atoms with van der Waals surface area (Å²) in [5, 5.41) is 14.9. The molecule has 3 fully saturated rings. The van der Waals surface area contributed by atoms with E-state index in [9.17, 15) is 42.0 Å². The van der Waals surface area contributed by atoms with Gasteiger partial charge in [-0.3, -0.25) is 58.1 Å². The highest BCUT2D eigenvalue weighted by atomic mass is 32.2. The number of nitrogens with zero attached hydrogens (tertiary/aromatic N) is 2. The number of carbonyl (C=O) groups excluding carboxylic acids is 3. The van der Waals surface area contributed by atoms with Gasteiger partial charge in [0, 0.05) is 88.5 Å². The van der Waals surface area contributed by atoms with E-state index in [0.29, 0.717) is 23.0 Å². The third-order valence-corrected chi connectivity index (χ3v) is 14.3. The van der Waals surface area contributed by atoms with Gasteiger partial charge in [-0.15, -0.1) is 0 Å². The molecule has 0 atom stereocenters. The molecular weight excluding hydrogens is 1020 g/mol. The number of carbonyl (C=O) groups is 3. The van der Waals surface area contributed by atoms with Crippen LogP contribution in [0.4, 0.5) is 4.79 Å². The summed E-state index contributed by atoms with van der Waals surface area (Å²) in [5.41, 5.74) is 2.79. The molecule has 4 aromatic rings. The molecule has 75 heavy (non-hydrogen) atoms. The number of rotatable bonds is 1. The number of thioether (sulfide) groups is 1. The minimum absolute atomic E-state index is 0. The van der Waals surface area contributed by atoms with E-state index in [4.69, 9.17) is 4.52 Å². The molecule has 426 valence electrons. The van der Waals surface area contributed by atoms with E-state index in [-0.39, 0.29) is 85.2 Å². The van der Waals surface area contributed by atoms with Gasteiger partial charge in [0.15, 0.2) is 0 Å². The standard InChI is InChI=1S/C9H15NO.C8H14N2O.C8H11NO2S.C7H12N2O.C7H11NO2.C7H11NOS.C6H13NO2S.CH4/c1-9(2,3)6-7-4-5-10-8(7)11;1-8(2,3)6-5-7(11)9-10(6)4;1-8(2,3)4-5-6(10)9-7(11)12-5;1-7(2,3)5-4-6(10)9-8-5;2*1-7(2,3)5-4-6(9)8-10-5;1-6(2)7-4-3-5-10(7,8)9;/h6H,4-5H2,1-3H3,(H,10,11);5H,1-4H3,(H,9,11);4H,1-3H3,(H,9,10,11);4H,1-3H3,(H2,8,9,10);2*4H,1-3H3,(H,8,9);6H,3-5H2,1-2H3;1H4/b7-6-;;5-4+;;;;;. The summed E-state index contributed by atoms with van der Waals surface area (Å²) in [5.74, 6) is 0.864. The maximum absolute atomic E-state index is 11.1. The van der Waals surface area contributed by atoms with Crippen LogP contribution in [0.1, 0.15) is 181 Å². The Morgan fingerprint density at radius 1 is 0.667 bits per heavy atom. The maximum Gasteiger partial charge on any atom is 0.290 e. The van der Waals surface area contributed by atoms with Crippen LogP contribution >= 0.6 is 23.3 Å². The van der Waals surface area contributed by atoms with Gasteiger partial charge < -0.3 is 14.9 Å². The van der Waals surface area contributed by atoms with Crippen molar-refractivity contribution in [2.75, 3.05) is 18.8 Å². The summed E-state index contributed by atoms with van der Waals surface area (Å²) in [4.78, 5) is 77.3. The van der Waals surface area contributed by atoms with Crippen LogP contribution in [0.15, 0.2) is 70.6 Å². The maximum atomic E-state index is 11.1. The number of sulfonamides is 1. The molecule has 22 heteroatoms. The second kappa shape index (κ2) is 28.3. The van der Waals surface area contributed by atoms with E-state index in [1.165, 1.54) is 17.6 Å². The number of allylic oxidation sites excluding steroid dienone is 2. The summed E-state index contributed by atoms with van der Waals surface area (Å²) in [6.07, 6.45) is 5.53. The highest BCUT2D eigenvalue weighted by Crippen LogP contribution is 2.29. The van der Waals surface area contributed by atoms with Crippen molar-refractivity contribution in [2.24, 2.45) is 17.9 Å². The highest BCUT2D eigenvalue weighted by Gasteiger charge is 2.30. The van der Waals surface area contributed by atoms with E-state index in [2.05, 4.69) is 104 Å². The second-order valence-corrected chi connectivity index (χ2v) is 28.4. The number of nitrogens with one attached hydrogen (secondary N) is 7. The summed E-state index contributed by atoms with van der Waals surface area (Å²) in [6, 6.07) is 6.48. The van der Waals surface area contributed by atoms with Crippen LogP contribution in [-0.4, -0.2) is 84.2 Å². The largest absolute Gasteiger partial charge is 0.383 e. The van der Waals surface area contributed by atoms with Crippen LogP contribution in [0.2, 0.25) is 0 Å². The molecule has 3 aliphatic heterocycles. The summed E-state index contributed by atoms with van der Waals surface area (Å²) < 4.78 is 33.1. The van der Waals surface area contributed by atoms with Crippen molar-refractivity contribution < 1.29 is 27.3 Å². The van der Waals surface area contributed by atoms with Crippen molar-refractivity contribution >= 4 is 50.4 Å². The number of aromatic nitrogens is 6. The number of amides is 3. The van der Waals surface area contributed by atoms with Gasteiger partial charge in [-0.2, -0.15) is 9.46 Å². The zero-order chi connectivity index (χ0) is 57.6. The molecule has 3 amide bonds. The summed E-state index contributed by atoms with van der Waals surface area (Å²) in [7, 11) is -1.00. The predicted molar refractivity (Wildman–Crippen MR) is 307 cm³/mol. The molecule has 7 N–H and O–H groups in total. The molecule has 0 bridgehead atoms. The van der Waals surface area contributed by atoms with Crippen molar-refractivity contribution in [1.82, 2.24) is 44.4 Å². The Hall–Kier alpha value is -5.19. The van der Waals surface area contributed by atoms with Gasteiger partial charge in [0.2, 0.25) is 15.9 Å². The van der Waals surface area contributed by atoms with Gasteiger partial charge in [0.25, 0.3) is 33.4 Å². The zero-order valence-electron chi connectivity index (χ0n) is 47.8. The molecule has 4 aromatic heterocycles. The van der Waals surface area contributed by atoms with Crippen LogP contribution in [0.3, 0.4) is 0 Å². The molecule has 7 rings (SSSR count). The van der Waals surface area contributed by atoms with Crippen LogP contribution in [0.25, 0.3) is 0 Å². The zero-order valence-corrected chi connectivity index (χ0v) is 50.2. The van der Waals surface area contributed by atoms with E-state index < -0.39 is 10.0 Å². The molecule has 7 heterocycles. The van der Waals surface area contributed by atoms with Crippen LogP contribution < -0.4 is 32.9 Å². The van der Waals surface area contributed by atoms with E-state index in [0.717, 1.165) is 53.0 Å². The van der Waals surface area contributed by atoms with E-state index in [1.54, 1.807) is 33.3 Å². The number of H-pyrrole nitrogens is 5. The van der Waals surface area contributed by atoms with Gasteiger partial charge in [-0.05, 0) is 54.7 Å².